The first kappa shape index (κ1) is 10.4. The normalized spacial score (nSPS) is 22.2. The van der Waals surface area contributed by atoms with Gasteiger partial charge in [-0.05, 0) is 32.0 Å². The van der Waals surface area contributed by atoms with E-state index in [4.69, 9.17) is 0 Å². The molecule has 2 nitrogen and oxygen atoms in total. The SMILES string of the molecule is C1=CC2CCCN2C=C1.Cc1cncs1. The van der Waals surface area contributed by atoms with Crippen LogP contribution in [-0.4, -0.2) is 22.5 Å². The molecule has 1 atom stereocenters. The van der Waals surface area contributed by atoms with Gasteiger partial charge in [-0.3, -0.25) is 4.98 Å². The Morgan fingerprint density at radius 3 is 3.00 bits per heavy atom. The standard InChI is InChI=1S/C8H11N.C4H5NS/c1-2-6-9-7-3-5-8(9)4-1;1-4-2-5-3-6-4/h1-2,4,6,8H,3,5,7H2;2-3H,1H3. The number of aryl methyl sites for hydroxylation is 1. The van der Waals surface area contributed by atoms with Crippen LogP contribution < -0.4 is 0 Å². The van der Waals surface area contributed by atoms with Gasteiger partial charge < -0.3 is 4.90 Å². The predicted octanol–water partition coefficient (Wildman–Crippen LogP) is 2.99. The zero-order chi connectivity index (χ0) is 10.5. The Kier molecular flexibility index (Phi) is 3.56. The highest BCUT2D eigenvalue weighted by Crippen LogP contribution is 2.20. The molecule has 0 bridgehead atoms. The van der Waals surface area contributed by atoms with Gasteiger partial charge in [-0.25, -0.2) is 0 Å². The fourth-order valence-electron chi connectivity index (χ4n) is 1.84. The minimum atomic E-state index is 0.731. The molecule has 1 saturated heterocycles. The second-order valence-corrected chi connectivity index (χ2v) is 4.88. The number of hydrogen-bond donors (Lipinski definition) is 0. The van der Waals surface area contributed by atoms with Gasteiger partial charge in [0.2, 0.25) is 0 Å². The lowest BCUT2D eigenvalue weighted by molar-refractivity contribution is 0.397. The van der Waals surface area contributed by atoms with Crippen LogP contribution in [0.2, 0.25) is 0 Å². The summed E-state index contributed by atoms with van der Waals surface area (Å²) in [5.74, 6) is 0. The number of aromatic nitrogens is 1. The molecule has 1 unspecified atom stereocenters. The lowest BCUT2D eigenvalue weighted by Crippen LogP contribution is -2.22. The van der Waals surface area contributed by atoms with Crippen molar-refractivity contribution in [2.45, 2.75) is 25.8 Å². The molecule has 3 heteroatoms. The molecule has 0 N–H and O–H groups in total. The summed E-state index contributed by atoms with van der Waals surface area (Å²) in [5, 5.41) is 0. The van der Waals surface area contributed by atoms with Gasteiger partial charge in [0.05, 0.1) is 5.51 Å². The Morgan fingerprint density at radius 2 is 2.40 bits per heavy atom. The summed E-state index contributed by atoms with van der Waals surface area (Å²) in [6.45, 7) is 3.29. The summed E-state index contributed by atoms with van der Waals surface area (Å²) in [4.78, 5) is 7.52. The van der Waals surface area contributed by atoms with Crippen molar-refractivity contribution in [3.8, 4) is 0 Å². The van der Waals surface area contributed by atoms with Crippen molar-refractivity contribution in [1.82, 2.24) is 9.88 Å². The van der Waals surface area contributed by atoms with Crippen LogP contribution in [0.15, 0.2) is 36.1 Å². The Labute approximate surface area is 95.0 Å². The summed E-state index contributed by atoms with van der Waals surface area (Å²) in [6.07, 6.45) is 13.3. The molecule has 0 aromatic carbocycles. The average Bonchev–Trinajstić information content (AvgIpc) is 2.88. The van der Waals surface area contributed by atoms with Gasteiger partial charge in [-0.15, -0.1) is 11.3 Å². The minimum Gasteiger partial charge on any atom is -0.371 e. The third kappa shape index (κ3) is 2.93. The van der Waals surface area contributed by atoms with Gasteiger partial charge in [-0.2, -0.15) is 0 Å². The van der Waals surface area contributed by atoms with E-state index in [1.165, 1.54) is 24.3 Å². The van der Waals surface area contributed by atoms with Crippen molar-refractivity contribution in [1.29, 1.82) is 0 Å². The summed E-state index contributed by atoms with van der Waals surface area (Å²) in [5.41, 5.74) is 1.83. The predicted molar refractivity (Wildman–Crippen MR) is 64.9 cm³/mol. The monoisotopic (exact) mass is 220 g/mol. The van der Waals surface area contributed by atoms with Crippen LogP contribution in [0.1, 0.15) is 17.7 Å². The van der Waals surface area contributed by atoms with E-state index in [-0.39, 0.29) is 0 Å². The molecule has 0 amide bonds. The van der Waals surface area contributed by atoms with Crippen LogP contribution in [0.3, 0.4) is 0 Å². The third-order valence-corrected chi connectivity index (χ3v) is 3.32. The second-order valence-electron chi connectivity index (χ2n) is 3.79. The Bertz CT molecular complexity index is 323. The highest BCUT2D eigenvalue weighted by Gasteiger charge is 2.19. The van der Waals surface area contributed by atoms with Gasteiger partial charge in [0.1, 0.15) is 0 Å². The van der Waals surface area contributed by atoms with Crippen molar-refractivity contribution in [3.05, 3.63) is 41.0 Å². The number of nitrogens with zero attached hydrogens (tertiary/aromatic N) is 2. The maximum absolute atomic E-state index is 3.84. The lowest BCUT2D eigenvalue weighted by atomic mass is 10.2. The van der Waals surface area contributed by atoms with Gasteiger partial charge in [-0.1, -0.05) is 12.2 Å². The largest absolute Gasteiger partial charge is 0.371 e. The van der Waals surface area contributed by atoms with Crippen LogP contribution in [0.4, 0.5) is 0 Å². The number of allylic oxidation sites excluding steroid dienone is 2. The number of fused-ring (bicyclic) bond motifs is 1. The molecule has 15 heavy (non-hydrogen) atoms. The number of thiazole rings is 1. The fourth-order valence-corrected chi connectivity index (χ4v) is 2.25. The number of rotatable bonds is 0. The van der Waals surface area contributed by atoms with Gasteiger partial charge >= 0.3 is 0 Å². The van der Waals surface area contributed by atoms with Crippen molar-refractivity contribution < 1.29 is 0 Å². The fraction of sp³-hybridized carbons (Fsp3) is 0.417. The molecular weight excluding hydrogens is 204 g/mol. The molecule has 0 spiro atoms. The summed E-state index contributed by atoms with van der Waals surface area (Å²) in [7, 11) is 0. The maximum atomic E-state index is 3.84. The lowest BCUT2D eigenvalue weighted by Gasteiger charge is -2.21. The van der Waals surface area contributed by atoms with Gasteiger partial charge in [0, 0.05) is 23.7 Å². The van der Waals surface area contributed by atoms with Crippen LogP contribution in [0.5, 0.6) is 0 Å². The molecule has 1 fully saturated rings. The van der Waals surface area contributed by atoms with E-state index in [1.54, 1.807) is 11.3 Å². The first-order valence-corrected chi connectivity index (χ1v) is 6.20. The molecule has 3 heterocycles. The topological polar surface area (TPSA) is 16.1 Å². The summed E-state index contributed by atoms with van der Waals surface area (Å²) in [6, 6.07) is 0.731. The Hall–Kier alpha value is -1.09. The molecule has 80 valence electrons. The zero-order valence-electron chi connectivity index (χ0n) is 8.97. The van der Waals surface area contributed by atoms with Crippen LogP contribution in [-0.2, 0) is 0 Å². The quantitative estimate of drug-likeness (QED) is 0.668. The van der Waals surface area contributed by atoms with E-state index in [0.29, 0.717) is 0 Å². The van der Waals surface area contributed by atoms with Crippen molar-refractivity contribution >= 4 is 11.3 Å². The van der Waals surface area contributed by atoms with Crippen LogP contribution in [0, 0.1) is 6.92 Å². The van der Waals surface area contributed by atoms with Gasteiger partial charge in [0.15, 0.2) is 0 Å². The van der Waals surface area contributed by atoms with Crippen LogP contribution >= 0.6 is 11.3 Å². The first-order valence-electron chi connectivity index (χ1n) is 5.32. The summed E-state index contributed by atoms with van der Waals surface area (Å²) < 4.78 is 0. The summed E-state index contributed by atoms with van der Waals surface area (Å²) >= 11 is 1.67. The van der Waals surface area contributed by atoms with Gasteiger partial charge in [0.25, 0.3) is 0 Å². The molecule has 3 rings (SSSR count). The average molecular weight is 220 g/mol. The van der Waals surface area contributed by atoms with E-state index in [2.05, 4.69) is 34.3 Å². The Balaban J connectivity index is 0.000000124. The molecule has 1 aromatic heterocycles. The zero-order valence-corrected chi connectivity index (χ0v) is 9.78. The van der Waals surface area contributed by atoms with Crippen molar-refractivity contribution in [2.24, 2.45) is 0 Å². The maximum Gasteiger partial charge on any atom is 0.0794 e. The third-order valence-electron chi connectivity index (χ3n) is 2.62. The van der Waals surface area contributed by atoms with E-state index in [9.17, 15) is 0 Å². The molecule has 0 saturated carbocycles. The highest BCUT2D eigenvalue weighted by molar-refractivity contribution is 7.09. The molecule has 2 aliphatic heterocycles. The molecule has 1 aromatic rings. The molecular formula is C12H16N2S. The van der Waals surface area contributed by atoms with Crippen molar-refractivity contribution in [2.75, 3.05) is 6.54 Å². The molecule has 2 aliphatic rings. The highest BCUT2D eigenvalue weighted by atomic mass is 32.1. The Morgan fingerprint density at radius 1 is 1.47 bits per heavy atom. The van der Waals surface area contributed by atoms with E-state index < -0.39 is 0 Å². The second kappa shape index (κ2) is 5.12. The van der Waals surface area contributed by atoms with Crippen LogP contribution in [0.25, 0.3) is 0 Å². The van der Waals surface area contributed by atoms with Crippen molar-refractivity contribution in [3.63, 3.8) is 0 Å². The minimum absolute atomic E-state index is 0.731. The smallest absolute Gasteiger partial charge is 0.0794 e. The number of hydrogen-bond acceptors (Lipinski definition) is 3. The van der Waals surface area contributed by atoms with E-state index >= 15 is 0 Å². The molecule has 0 radical (unpaired) electrons. The first-order chi connectivity index (χ1) is 7.36. The van der Waals surface area contributed by atoms with E-state index in [0.717, 1.165) is 6.04 Å². The van der Waals surface area contributed by atoms with E-state index in [1.807, 2.05) is 18.6 Å². The molecule has 0 aliphatic carbocycles.